The van der Waals surface area contributed by atoms with E-state index in [1.165, 1.54) is 17.8 Å². The van der Waals surface area contributed by atoms with E-state index in [9.17, 15) is 9.18 Å². The fourth-order valence-corrected chi connectivity index (χ4v) is 3.23. The Hall–Kier alpha value is -2.40. The number of anilines is 1. The van der Waals surface area contributed by atoms with E-state index in [2.05, 4.69) is 22.3 Å². The molecule has 0 aliphatic carbocycles. The second-order valence-corrected chi connectivity index (χ2v) is 6.88. The lowest BCUT2D eigenvalue weighted by molar-refractivity contribution is -0.120. The Labute approximate surface area is 160 Å². The van der Waals surface area contributed by atoms with Crippen LogP contribution in [0.2, 0.25) is 0 Å². The van der Waals surface area contributed by atoms with Crippen molar-refractivity contribution in [2.45, 2.75) is 25.7 Å². The van der Waals surface area contributed by atoms with Gasteiger partial charge in [0.15, 0.2) is 0 Å². The minimum atomic E-state index is -0.205. The number of morpholine rings is 1. The summed E-state index contributed by atoms with van der Waals surface area (Å²) in [7, 11) is 0. The average molecular weight is 370 g/mol. The maximum atomic E-state index is 12.9. The topological polar surface area (TPSA) is 41.6 Å². The molecular weight excluding hydrogens is 343 g/mol. The zero-order valence-corrected chi connectivity index (χ0v) is 15.6. The third-order valence-electron chi connectivity index (χ3n) is 4.80. The van der Waals surface area contributed by atoms with E-state index in [1.54, 1.807) is 0 Å². The molecule has 1 heterocycles. The van der Waals surface area contributed by atoms with Crippen LogP contribution in [0.5, 0.6) is 0 Å². The van der Waals surface area contributed by atoms with Gasteiger partial charge in [0.1, 0.15) is 5.82 Å². The van der Waals surface area contributed by atoms with Crippen LogP contribution in [0.3, 0.4) is 0 Å². The van der Waals surface area contributed by atoms with Gasteiger partial charge in [0.25, 0.3) is 0 Å². The second kappa shape index (κ2) is 10.1. The van der Waals surface area contributed by atoms with Crippen LogP contribution in [0.1, 0.15) is 24.0 Å². The van der Waals surface area contributed by atoms with Gasteiger partial charge in [-0.15, -0.1) is 0 Å². The number of ether oxygens (including phenoxy) is 1. The van der Waals surface area contributed by atoms with Gasteiger partial charge in [-0.2, -0.15) is 0 Å². The van der Waals surface area contributed by atoms with E-state index < -0.39 is 0 Å². The molecule has 0 saturated carbocycles. The molecule has 144 valence electrons. The molecule has 1 aliphatic rings. The number of carbonyl (C=O) groups excluding carboxylic acids is 1. The summed E-state index contributed by atoms with van der Waals surface area (Å²) in [4.78, 5) is 14.4. The Morgan fingerprint density at radius 1 is 0.963 bits per heavy atom. The Morgan fingerprint density at radius 2 is 1.63 bits per heavy atom. The minimum Gasteiger partial charge on any atom is -0.378 e. The van der Waals surface area contributed by atoms with Crippen molar-refractivity contribution in [1.82, 2.24) is 5.32 Å². The number of amides is 1. The van der Waals surface area contributed by atoms with E-state index in [-0.39, 0.29) is 11.7 Å². The molecule has 4 nitrogen and oxygen atoms in total. The largest absolute Gasteiger partial charge is 0.378 e. The summed E-state index contributed by atoms with van der Waals surface area (Å²) in [5.74, 6) is -0.153. The molecule has 1 aliphatic heterocycles. The maximum Gasteiger partial charge on any atom is 0.224 e. The van der Waals surface area contributed by atoms with Crippen molar-refractivity contribution in [3.63, 3.8) is 0 Å². The molecule has 3 rings (SSSR count). The number of hydrogen-bond donors (Lipinski definition) is 1. The van der Waals surface area contributed by atoms with Crippen LogP contribution >= 0.6 is 0 Å². The molecule has 2 aromatic rings. The van der Waals surface area contributed by atoms with Crippen LogP contribution in [0.25, 0.3) is 0 Å². The summed E-state index contributed by atoms with van der Waals surface area (Å²) in [5, 5.41) is 2.98. The summed E-state index contributed by atoms with van der Waals surface area (Å²) < 4.78 is 18.2. The fraction of sp³-hybridized carbons (Fsp3) is 0.409. The Bertz CT molecular complexity index is 710. The standard InChI is InChI=1S/C22H27FN2O2/c23-20-8-4-18(5-9-20)3-1-2-12-24-22(26)17-19-6-10-21(11-7-19)25-13-15-27-16-14-25/h4-11H,1-3,12-17H2,(H,24,26). The highest BCUT2D eigenvalue weighted by Crippen LogP contribution is 2.17. The molecule has 0 aromatic heterocycles. The molecule has 5 heteroatoms. The molecule has 0 unspecified atom stereocenters. The molecule has 1 saturated heterocycles. The first-order valence-electron chi connectivity index (χ1n) is 9.63. The zero-order valence-electron chi connectivity index (χ0n) is 15.6. The SMILES string of the molecule is O=C(Cc1ccc(N2CCOCC2)cc1)NCCCCc1ccc(F)cc1. The number of halogens is 1. The fourth-order valence-electron chi connectivity index (χ4n) is 3.23. The smallest absolute Gasteiger partial charge is 0.224 e. The van der Waals surface area contributed by atoms with Gasteiger partial charge in [0.2, 0.25) is 5.91 Å². The average Bonchev–Trinajstić information content (AvgIpc) is 2.70. The molecular formula is C22H27FN2O2. The Balaban J connectivity index is 1.33. The number of rotatable bonds is 8. The number of hydrogen-bond acceptors (Lipinski definition) is 3. The summed E-state index contributed by atoms with van der Waals surface area (Å²) in [5.41, 5.74) is 3.34. The van der Waals surface area contributed by atoms with Crippen LogP contribution in [0.15, 0.2) is 48.5 Å². The summed E-state index contributed by atoms with van der Waals surface area (Å²) in [6, 6.07) is 14.8. The van der Waals surface area contributed by atoms with Gasteiger partial charge in [-0.05, 0) is 54.7 Å². The van der Waals surface area contributed by atoms with E-state index in [4.69, 9.17) is 4.74 Å². The molecule has 0 spiro atoms. The van der Waals surface area contributed by atoms with Crippen molar-refractivity contribution in [3.05, 3.63) is 65.5 Å². The first-order chi connectivity index (χ1) is 13.2. The normalized spacial score (nSPS) is 14.2. The van der Waals surface area contributed by atoms with E-state index in [0.29, 0.717) is 13.0 Å². The molecule has 0 bridgehead atoms. The van der Waals surface area contributed by atoms with E-state index in [1.807, 2.05) is 24.3 Å². The van der Waals surface area contributed by atoms with Crippen molar-refractivity contribution in [3.8, 4) is 0 Å². The lowest BCUT2D eigenvalue weighted by Crippen LogP contribution is -2.36. The van der Waals surface area contributed by atoms with Crippen molar-refractivity contribution in [2.24, 2.45) is 0 Å². The third kappa shape index (κ3) is 6.36. The first-order valence-corrected chi connectivity index (χ1v) is 9.63. The molecule has 2 aromatic carbocycles. The molecule has 0 atom stereocenters. The monoisotopic (exact) mass is 370 g/mol. The second-order valence-electron chi connectivity index (χ2n) is 6.88. The van der Waals surface area contributed by atoms with Crippen molar-refractivity contribution < 1.29 is 13.9 Å². The van der Waals surface area contributed by atoms with Gasteiger partial charge in [0.05, 0.1) is 19.6 Å². The molecule has 1 N–H and O–H groups in total. The highest BCUT2D eigenvalue weighted by molar-refractivity contribution is 5.78. The van der Waals surface area contributed by atoms with E-state index >= 15 is 0 Å². The maximum absolute atomic E-state index is 12.9. The van der Waals surface area contributed by atoms with E-state index in [0.717, 1.165) is 56.7 Å². The number of aryl methyl sites for hydroxylation is 1. The van der Waals surface area contributed by atoms with Gasteiger partial charge in [-0.1, -0.05) is 24.3 Å². The van der Waals surface area contributed by atoms with Crippen molar-refractivity contribution in [1.29, 1.82) is 0 Å². The van der Waals surface area contributed by atoms with Crippen molar-refractivity contribution in [2.75, 3.05) is 37.7 Å². The highest BCUT2D eigenvalue weighted by atomic mass is 19.1. The van der Waals surface area contributed by atoms with Gasteiger partial charge < -0.3 is 15.0 Å². The Kier molecular flexibility index (Phi) is 7.22. The number of carbonyl (C=O) groups is 1. The van der Waals surface area contributed by atoms with Gasteiger partial charge in [-0.3, -0.25) is 4.79 Å². The predicted molar refractivity (Wildman–Crippen MR) is 106 cm³/mol. The molecule has 1 amide bonds. The van der Waals surface area contributed by atoms with Crippen LogP contribution < -0.4 is 10.2 Å². The Morgan fingerprint density at radius 3 is 2.33 bits per heavy atom. The van der Waals surface area contributed by atoms with Crippen molar-refractivity contribution >= 4 is 11.6 Å². The van der Waals surface area contributed by atoms with Crippen LogP contribution in [0, 0.1) is 5.82 Å². The van der Waals surface area contributed by atoms with Crippen LogP contribution in [-0.2, 0) is 22.4 Å². The minimum absolute atomic E-state index is 0.0518. The first kappa shape index (κ1) is 19.4. The quantitative estimate of drug-likeness (QED) is 0.725. The van der Waals surface area contributed by atoms with Gasteiger partial charge in [0, 0.05) is 25.3 Å². The summed E-state index contributed by atoms with van der Waals surface area (Å²) in [6.07, 6.45) is 3.19. The lowest BCUT2D eigenvalue weighted by atomic mass is 10.1. The van der Waals surface area contributed by atoms with Crippen LogP contribution in [0.4, 0.5) is 10.1 Å². The lowest BCUT2D eigenvalue weighted by Gasteiger charge is -2.28. The summed E-state index contributed by atoms with van der Waals surface area (Å²) in [6.45, 7) is 4.04. The third-order valence-corrected chi connectivity index (χ3v) is 4.80. The molecule has 27 heavy (non-hydrogen) atoms. The number of nitrogens with one attached hydrogen (secondary N) is 1. The summed E-state index contributed by atoms with van der Waals surface area (Å²) >= 11 is 0. The van der Waals surface area contributed by atoms with Gasteiger partial charge in [-0.25, -0.2) is 4.39 Å². The number of nitrogens with zero attached hydrogens (tertiary/aromatic N) is 1. The highest BCUT2D eigenvalue weighted by Gasteiger charge is 2.11. The zero-order chi connectivity index (χ0) is 18.9. The number of benzene rings is 2. The van der Waals surface area contributed by atoms with Gasteiger partial charge >= 0.3 is 0 Å². The predicted octanol–water partition coefficient (Wildman–Crippen LogP) is 3.34. The van der Waals surface area contributed by atoms with Crippen LogP contribution in [-0.4, -0.2) is 38.8 Å². The molecule has 1 fully saturated rings. The number of unbranched alkanes of at least 4 members (excludes halogenated alkanes) is 1. The molecule has 0 radical (unpaired) electrons.